The van der Waals surface area contributed by atoms with E-state index in [1.807, 2.05) is 27.7 Å². The lowest BCUT2D eigenvalue weighted by atomic mass is 10.00. The molecule has 0 bridgehead atoms. The Morgan fingerprint density at radius 2 is 1.67 bits per heavy atom. The second-order valence-corrected chi connectivity index (χ2v) is 10.5. The Morgan fingerprint density at radius 1 is 0.949 bits per heavy atom. The molecule has 2 N–H and O–H groups in total. The molecule has 0 aliphatic rings. The fourth-order valence-electron chi connectivity index (χ4n) is 3.97. The maximum Gasteiger partial charge on any atom is 0.261 e. The van der Waals surface area contributed by atoms with E-state index < -0.39 is 23.4 Å². The number of amides is 3. The Balaban J connectivity index is 2.15. The maximum atomic E-state index is 14.0. The third kappa shape index (κ3) is 7.51. The molecule has 1 atom stereocenters. The highest BCUT2D eigenvalue weighted by Gasteiger charge is 2.36. The summed E-state index contributed by atoms with van der Waals surface area (Å²) in [6.45, 7) is 7.42. The molecule has 3 aromatic rings. The molecule has 0 aliphatic carbocycles. The van der Waals surface area contributed by atoms with Crippen molar-refractivity contribution in [1.29, 1.82) is 0 Å². The Morgan fingerprint density at radius 3 is 2.28 bits per heavy atom. The summed E-state index contributed by atoms with van der Waals surface area (Å²) in [7, 11) is 3.02. The number of nitrogens with one attached hydrogen (secondary N) is 2. The number of carbonyl (C=O) groups is 3. The molecule has 10 heteroatoms. The van der Waals surface area contributed by atoms with Crippen molar-refractivity contribution in [2.45, 2.75) is 39.3 Å². The van der Waals surface area contributed by atoms with Crippen LogP contribution in [0, 0.1) is 0 Å². The van der Waals surface area contributed by atoms with Crippen molar-refractivity contribution in [1.82, 2.24) is 10.6 Å². The number of methoxy groups -OCH3 is 2. The van der Waals surface area contributed by atoms with Crippen LogP contribution in [-0.2, 0) is 9.59 Å². The van der Waals surface area contributed by atoms with Gasteiger partial charge < -0.3 is 24.8 Å². The Kier molecular flexibility index (Phi) is 9.95. The van der Waals surface area contributed by atoms with Crippen molar-refractivity contribution in [2.75, 3.05) is 32.3 Å². The summed E-state index contributed by atoms with van der Waals surface area (Å²) in [6.07, 6.45) is 0. The molecule has 0 spiro atoms. The molecule has 39 heavy (non-hydrogen) atoms. The molecule has 3 amide bonds. The highest BCUT2D eigenvalue weighted by molar-refractivity contribution is 7.12. The van der Waals surface area contributed by atoms with Crippen molar-refractivity contribution in [3.8, 4) is 17.2 Å². The number of nitrogens with zero attached hydrogens (tertiary/aromatic N) is 1. The van der Waals surface area contributed by atoms with Crippen molar-refractivity contribution >= 4 is 34.7 Å². The van der Waals surface area contributed by atoms with E-state index >= 15 is 0 Å². The zero-order valence-electron chi connectivity index (χ0n) is 23.1. The highest BCUT2D eigenvalue weighted by atomic mass is 32.1. The van der Waals surface area contributed by atoms with Gasteiger partial charge in [-0.1, -0.05) is 24.3 Å². The van der Waals surface area contributed by atoms with Gasteiger partial charge in [0.05, 0.1) is 37.9 Å². The van der Waals surface area contributed by atoms with Gasteiger partial charge in [-0.15, -0.1) is 11.3 Å². The molecule has 0 fully saturated rings. The first kappa shape index (κ1) is 29.5. The van der Waals surface area contributed by atoms with Crippen LogP contribution in [0.4, 0.5) is 5.69 Å². The van der Waals surface area contributed by atoms with Gasteiger partial charge >= 0.3 is 0 Å². The monoisotopic (exact) mass is 553 g/mol. The van der Waals surface area contributed by atoms with Gasteiger partial charge in [-0.2, -0.15) is 0 Å². The number of ether oxygens (including phenoxy) is 3. The molecule has 0 aliphatic heterocycles. The number of benzene rings is 2. The van der Waals surface area contributed by atoms with Gasteiger partial charge in [0, 0.05) is 5.54 Å². The highest BCUT2D eigenvalue weighted by Crippen LogP contribution is 2.38. The molecule has 208 valence electrons. The van der Waals surface area contributed by atoms with Crippen LogP contribution in [0.15, 0.2) is 60.0 Å². The zero-order valence-corrected chi connectivity index (χ0v) is 23.9. The molecule has 0 unspecified atom stereocenters. The summed E-state index contributed by atoms with van der Waals surface area (Å²) in [5.74, 6) is 0.00659. The summed E-state index contributed by atoms with van der Waals surface area (Å²) in [4.78, 5) is 42.4. The molecule has 1 heterocycles. The van der Waals surface area contributed by atoms with E-state index in [-0.39, 0.29) is 12.5 Å². The number of hydrogen-bond donors (Lipinski definition) is 2. The fraction of sp³-hybridized carbons (Fsp3) is 0.345. The molecule has 1 aromatic heterocycles. The van der Waals surface area contributed by atoms with E-state index in [9.17, 15) is 14.4 Å². The lowest BCUT2D eigenvalue weighted by Gasteiger charge is -2.34. The van der Waals surface area contributed by atoms with Gasteiger partial charge in [-0.3, -0.25) is 19.3 Å². The first-order chi connectivity index (χ1) is 18.6. The van der Waals surface area contributed by atoms with E-state index in [2.05, 4.69) is 10.6 Å². The van der Waals surface area contributed by atoms with Gasteiger partial charge in [-0.25, -0.2) is 0 Å². The van der Waals surface area contributed by atoms with Gasteiger partial charge in [0.2, 0.25) is 11.8 Å². The molecule has 0 saturated heterocycles. The van der Waals surface area contributed by atoms with Gasteiger partial charge in [-0.05, 0) is 69.0 Å². The van der Waals surface area contributed by atoms with Crippen LogP contribution in [-0.4, -0.2) is 50.6 Å². The summed E-state index contributed by atoms with van der Waals surface area (Å²) >= 11 is 1.27. The summed E-state index contributed by atoms with van der Waals surface area (Å²) in [5.41, 5.74) is 0.283. The van der Waals surface area contributed by atoms with Crippen molar-refractivity contribution in [2.24, 2.45) is 0 Å². The van der Waals surface area contributed by atoms with Crippen molar-refractivity contribution in [3.63, 3.8) is 0 Å². The van der Waals surface area contributed by atoms with E-state index in [4.69, 9.17) is 14.2 Å². The smallest absolute Gasteiger partial charge is 0.261 e. The lowest BCUT2D eigenvalue weighted by Crippen LogP contribution is -2.51. The number of thiophene rings is 1. The van der Waals surface area contributed by atoms with Gasteiger partial charge in [0.1, 0.15) is 11.8 Å². The average molecular weight is 554 g/mol. The second kappa shape index (κ2) is 13.1. The molecule has 0 saturated carbocycles. The first-order valence-electron chi connectivity index (χ1n) is 12.5. The minimum atomic E-state index is -1.13. The van der Waals surface area contributed by atoms with Crippen molar-refractivity contribution in [3.05, 3.63) is 70.4 Å². The van der Waals surface area contributed by atoms with Crippen LogP contribution in [0.3, 0.4) is 0 Å². The Hall–Kier alpha value is -4.05. The second-order valence-electron chi connectivity index (χ2n) is 9.58. The number of anilines is 1. The first-order valence-corrected chi connectivity index (χ1v) is 13.4. The number of para-hydroxylation sites is 2. The quantitative estimate of drug-likeness (QED) is 0.360. The number of hydrogen-bond acceptors (Lipinski definition) is 7. The Bertz CT molecular complexity index is 1290. The van der Waals surface area contributed by atoms with Crippen LogP contribution in [0.5, 0.6) is 17.2 Å². The normalized spacial score (nSPS) is 11.7. The lowest BCUT2D eigenvalue weighted by molar-refractivity contribution is -0.127. The predicted octanol–water partition coefficient (Wildman–Crippen LogP) is 4.58. The van der Waals surface area contributed by atoms with Crippen LogP contribution in [0.1, 0.15) is 49.0 Å². The number of rotatable bonds is 11. The standard InChI is InChI=1S/C29H35N3O6S/c1-7-38-21-12-9-8-11-20(21)32(25(33)18-30-27(34)24-13-10-16-39-24)26(28(35)31-29(2,3)4)19-14-15-22(36-5)23(17-19)37-6/h8-17,26H,7,18H2,1-6H3,(H,30,34)(H,31,35)/t26-/m0/s1. The molecule has 3 rings (SSSR count). The van der Waals surface area contributed by atoms with E-state index in [0.29, 0.717) is 40.0 Å². The van der Waals surface area contributed by atoms with Crippen LogP contribution in [0.2, 0.25) is 0 Å². The maximum absolute atomic E-state index is 14.0. The third-order valence-corrected chi connectivity index (χ3v) is 6.44. The minimum Gasteiger partial charge on any atom is -0.493 e. The molecule has 2 aromatic carbocycles. The van der Waals surface area contributed by atoms with Gasteiger partial charge in [0.15, 0.2) is 11.5 Å². The average Bonchev–Trinajstić information content (AvgIpc) is 3.45. The van der Waals surface area contributed by atoms with Crippen LogP contribution >= 0.6 is 11.3 Å². The zero-order chi connectivity index (χ0) is 28.6. The SMILES string of the molecule is CCOc1ccccc1N(C(=O)CNC(=O)c1cccs1)[C@H](C(=O)NC(C)(C)C)c1ccc(OC)c(OC)c1. The van der Waals surface area contributed by atoms with Crippen LogP contribution < -0.4 is 29.7 Å². The topological polar surface area (TPSA) is 106 Å². The molecule has 0 radical (unpaired) electrons. The van der Waals surface area contributed by atoms with Crippen LogP contribution in [0.25, 0.3) is 0 Å². The minimum absolute atomic E-state index is 0.343. The largest absolute Gasteiger partial charge is 0.493 e. The molecular formula is C29H35N3O6S. The predicted molar refractivity (Wildman–Crippen MR) is 152 cm³/mol. The van der Waals surface area contributed by atoms with E-state index in [0.717, 1.165) is 0 Å². The van der Waals surface area contributed by atoms with E-state index in [1.165, 1.54) is 30.5 Å². The molecular weight excluding hydrogens is 518 g/mol. The third-order valence-electron chi connectivity index (χ3n) is 5.57. The number of carbonyl (C=O) groups excluding carboxylic acids is 3. The fourth-order valence-corrected chi connectivity index (χ4v) is 4.61. The summed E-state index contributed by atoms with van der Waals surface area (Å²) < 4.78 is 16.7. The molecule has 9 nitrogen and oxygen atoms in total. The summed E-state index contributed by atoms with van der Waals surface area (Å²) in [5, 5.41) is 7.46. The van der Waals surface area contributed by atoms with E-state index in [1.54, 1.807) is 60.0 Å². The van der Waals surface area contributed by atoms with Gasteiger partial charge in [0.25, 0.3) is 5.91 Å². The summed E-state index contributed by atoms with van der Waals surface area (Å²) in [6, 6.07) is 14.4. The Labute approximate surface area is 233 Å². The van der Waals surface area contributed by atoms with Crippen molar-refractivity contribution < 1.29 is 28.6 Å².